The van der Waals surface area contributed by atoms with Gasteiger partial charge in [-0.1, -0.05) is 6.07 Å². The molecule has 128 valence electrons. The van der Waals surface area contributed by atoms with Crippen molar-refractivity contribution in [2.24, 2.45) is 5.73 Å². The number of halogens is 1. The van der Waals surface area contributed by atoms with E-state index in [-0.39, 0.29) is 17.5 Å². The summed E-state index contributed by atoms with van der Waals surface area (Å²) in [5.74, 6) is -0.820. The third kappa shape index (κ3) is 2.98. The first-order valence-corrected chi connectivity index (χ1v) is 8.25. The molecule has 0 atom stereocenters. The average Bonchev–Trinajstić information content (AvgIpc) is 3.09. The third-order valence-electron chi connectivity index (χ3n) is 4.60. The number of fused-ring (bicyclic) bond motifs is 1. The van der Waals surface area contributed by atoms with E-state index in [1.54, 1.807) is 35.8 Å². The van der Waals surface area contributed by atoms with Gasteiger partial charge >= 0.3 is 0 Å². The molecule has 1 fully saturated rings. The largest absolute Gasteiger partial charge is 0.338 e. The molecule has 2 N–H and O–H groups in total. The fraction of sp³-hybridized carbons (Fsp3) is 0.278. The molecule has 0 aliphatic carbocycles. The standard InChI is InChI=1S/C18H18FN5O/c19-15-9-12(16-11-24-8-5-21-17(24)10-22-16)1-2-14(15)18(25)23-6-3-13(20)4-7-23/h1-2,5,8-11,13H,3-4,6-7,20H2. The molecule has 0 radical (unpaired) electrons. The number of aromatic nitrogens is 3. The zero-order chi connectivity index (χ0) is 17.4. The molecular formula is C18H18FN5O. The van der Waals surface area contributed by atoms with Crippen molar-refractivity contribution in [2.75, 3.05) is 13.1 Å². The van der Waals surface area contributed by atoms with Crippen molar-refractivity contribution in [3.8, 4) is 11.3 Å². The zero-order valence-electron chi connectivity index (χ0n) is 13.6. The molecule has 1 aliphatic heterocycles. The minimum atomic E-state index is -0.537. The minimum absolute atomic E-state index is 0.0860. The van der Waals surface area contributed by atoms with E-state index >= 15 is 0 Å². The number of piperidine rings is 1. The summed E-state index contributed by atoms with van der Waals surface area (Å²) in [4.78, 5) is 22.6. The van der Waals surface area contributed by atoms with Crippen LogP contribution in [-0.4, -0.2) is 44.3 Å². The van der Waals surface area contributed by atoms with Gasteiger partial charge in [0.15, 0.2) is 5.65 Å². The highest BCUT2D eigenvalue weighted by Crippen LogP contribution is 2.22. The smallest absolute Gasteiger partial charge is 0.256 e. The second-order valence-corrected chi connectivity index (χ2v) is 6.29. The molecule has 2 aromatic heterocycles. The van der Waals surface area contributed by atoms with E-state index in [2.05, 4.69) is 9.97 Å². The predicted octanol–water partition coefficient (Wildman–Crippen LogP) is 2.10. The molecule has 0 spiro atoms. The van der Waals surface area contributed by atoms with Crippen molar-refractivity contribution in [3.05, 3.63) is 54.4 Å². The number of rotatable bonds is 2. The van der Waals surface area contributed by atoms with Crippen LogP contribution in [0.4, 0.5) is 4.39 Å². The van der Waals surface area contributed by atoms with Crippen LogP contribution in [0.5, 0.6) is 0 Å². The quantitative estimate of drug-likeness (QED) is 0.776. The first-order chi connectivity index (χ1) is 12.1. The van der Waals surface area contributed by atoms with Crippen LogP contribution in [0.1, 0.15) is 23.2 Å². The van der Waals surface area contributed by atoms with Crippen LogP contribution in [0.25, 0.3) is 16.9 Å². The highest BCUT2D eigenvalue weighted by atomic mass is 19.1. The molecule has 1 aliphatic rings. The first-order valence-electron chi connectivity index (χ1n) is 8.25. The van der Waals surface area contributed by atoms with E-state index in [4.69, 9.17) is 5.73 Å². The molecule has 1 aromatic carbocycles. The van der Waals surface area contributed by atoms with Gasteiger partial charge in [-0.15, -0.1) is 0 Å². The molecule has 0 bridgehead atoms. The van der Waals surface area contributed by atoms with Crippen LogP contribution in [0.3, 0.4) is 0 Å². The molecular weight excluding hydrogens is 321 g/mol. The summed E-state index contributed by atoms with van der Waals surface area (Å²) in [6.45, 7) is 1.14. The van der Waals surface area contributed by atoms with E-state index in [1.807, 2.05) is 4.40 Å². The lowest BCUT2D eigenvalue weighted by atomic mass is 10.0. The molecule has 3 heterocycles. The molecule has 0 unspecified atom stereocenters. The van der Waals surface area contributed by atoms with Gasteiger partial charge in [0.25, 0.3) is 5.91 Å². The van der Waals surface area contributed by atoms with E-state index < -0.39 is 5.82 Å². The van der Waals surface area contributed by atoms with Crippen LogP contribution in [0.15, 0.2) is 43.0 Å². The van der Waals surface area contributed by atoms with Crippen LogP contribution in [-0.2, 0) is 0 Å². The van der Waals surface area contributed by atoms with Crippen molar-refractivity contribution in [1.82, 2.24) is 19.3 Å². The van der Waals surface area contributed by atoms with E-state index in [9.17, 15) is 9.18 Å². The highest BCUT2D eigenvalue weighted by Gasteiger charge is 2.24. The van der Waals surface area contributed by atoms with Gasteiger partial charge in [-0.05, 0) is 25.0 Å². The van der Waals surface area contributed by atoms with Gasteiger partial charge in [0.1, 0.15) is 5.82 Å². The lowest BCUT2D eigenvalue weighted by Crippen LogP contribution is -2.43. The predicted molar refractivity (Wildman–Crippen MR) is 91.5 cm³/mol. The number of likely N-dealkylation sites (tertiary alicyclic amines) is 1. The Hall–Kier alpha value is -2.80. The van der Waals surface area contributed by atoms with Gasteiger partial charge in [0.2, 0.25) is 0 Å². The highest BCUT2D eigenvalue weighted by molar-refractivity contribution is 5.95. The Balaban J connectivity index is 1.61. The molecule has 1 amide bonds. The van der Waals surface area contributed by atoms with Gasteiger partial charge in [0.05, 0.1) is 17.5 Å². The number of benzene rings is 1. The zero-order valence-corrected chi connectivity index (χ0v) is 13.6. The molecule has 3 aromatic rings. The molecule has 7 heteroatoms. The SMILES string of the molecule is NC1CCN(C(=O)c2ccc(-c3cn4ccnc4cn3)cc2F)CC1. The summed E-state index contributed by atoms with van der Waals surface area (Å²) < 4.78 is 16.4. The number of carbonyl (C=O) groups is 1. The average molecular weight is 339 g/mol. The summed E-state index contributed by atoms with van der Waals surface area (Å²) in [5.41, 5.74) is 7.90. The van der Waals surface area contributed by atoms with Crippen molar-refractivity contribution in [1.29, 1.82) is 0 Å². The Morgan fingerprint density at radius 3 is 2.80 bits per heavy atom. The third-order valence-corrected chi connectivity index (χ3v) is 4.60. The monoisotopic (exact) mass is 339 g/mol. The number of carbonyl (C=O) groups excluding carboxylic acids is 1. The van der Waals surface area contributed by atoms with Gasteiger partial charge < -0.3 is 15.0 Å². The number of nitrogens with two attached hydrogens (primary N) is 1. The Kier molecular flexibility index (Phi) is 3.93. The summed E-state index contributed by atoms with van der Waals surface area (Å²) in [6, 6.07) is 4.73. The number of amides is 1. The van der Waals surface area contributed by atoms with E-state index in [0.717, 1.165) is 18.5 Å². The summed E-state index contributed by atoms with van der Waals surface area (Å²) >= 11 is 0. The number of nitrogens with zero attached hydrogens (tertiary/aromatic N) is 4. The Morgan fingerprint density at radius 1 is 1.24 bits per heavy atom. The lowest BCUT2D eigenvalue weighted by molar-refractivity contribution is 0.0710. The van der Waals surface area contributed by atoms with Gasteiger partial charge in [-0.25, -0.2) is 9.37 Å². The Labute approximate surface area is 144 Å². The molecule has 0 saturated carbocycles. The maximum absolute atomic E-state index is 14.6. The second-order valence-electron chi connectivity index (χ2n) is 6.29. The normalized spacial score (nSPS) is 15.7. The first kappa shape index (κ1) is 15.7. The fourth-order valence-corrected chi connectivity index (χ4v) is 3.10. The Morgan fingerprint density at radius 2 is 2.04 bits per heavy atom. The number of hydrogen-bond acceptors (Lipinski definition) is 4. The van der Waals surface area contributed by atoms with Gasteiger partial charge in [-0.3, -0.25) is 9.78 Å². The summed E-state index contributed by atoms with van der Waals surface area (Å²) in [6.07, 6.45) is 8.39. The maximum atomic E-state index is 14.6. The lowest BCUT2D eigenvalue weighted by Gasteiger charge is -2.30. The van der Waals surface area contributed by atoms with E-state index in [0.29, 0.717) is 24.3 Å². The fourth-order valence-electron chi connectivity index (χ4n) is 3.10. The van der Waals surface area contributed by atoms with Crippen molar-refractivity contribution in [3.63, 3.8) is 0 Å². The van der Waals surface area contributed by atoms with Crippen LogP contribution < -0.4 is 5.73 Å². The van der Waals surface area contributed by atoms with Crippen molar-refractivity contribution < 1.29 is 9.18 Å². The maximum Gasteiger partial charge on any atom is 0.256 e. The molecule has 6 nitrogen and oxygen atoms in total. The van der Waals surface area contributed by atoms with Crippen LogP contribution in [0, 0.1) is 5.82 Å². The topological polar surface area (TPSA) is 76.5 Å². The summed E-state index contributed by atoms with van der Waals surface area (Å²) in [5, 5.41) is 0. The van der Waals surface area contributed by atoms with Crippen LogP contribution in [0.2, 0.25) is 0 Å². The molecule has 1 saturated heterocycles. The van der Waals surface area contributed by atoms with E-state index in [1.165, 1.54) is 12.1 Å². The molecule has 4 rings (SSSR count). The van der Waals surface area contributed by atoms with Crippen LogP contribution >= 0.6 is 0 Å². The minimum Gasteiger partial charge on any atom is -0.338 e. The second kappa shape index (κ2) is 6.25. The molecule has 25 heavy (non-hydrogen) atoms. The number of imidazole rings is 1. The summed E-state index contributed by atoms with van der Waals surface area (Å²) in [7, 11) is 0. The van der Waals surface area contributed by atoms with Gasteiger partial charge in [-0.2, -0.15) is 0 Å². The van der Waals surface area contributed by atoms with Gasteiger partial charge in [0, 0.05) is 43.3 Å². The van der Waals surface area contributed by atoms with Crippen molar-refractivity contribution >= 4 is 11.6 Å². The Bertz CT molecular complexity index is 930. The number of hydrogen-bond donors (Lipinski definition) is 1. The van der Waals surface area contributed by atoms with Crippen molar-refractivity contribution in [2.45, 2.75) is 18.9 Å².